The van der Waals surface area contributed by atoms with Crippen LogP contribution in [-0.4, -0.2) is 39.4 Å². The molecule has 2 N–H and O–H groups in total. The number of nitrogens with zero attached hydrogens (tertiary/aromatic N) is 3. The summed E-state index contributed by atoms with van der Waals surface area (Å²) in [6.45, 7) is 0.503. The minimum atomic E-state index is -0.965. The average Bonchev–Trinajstić information content (AvgIpc) is 3.16. The zero-order valence-corrected chi connectivity index (χ0v) is 12.4. The number of hydrogen-bond donors (Lipinski definition) is 2. The Bertz CT molecular complexity index is 663. The van der Waals surface area contributed by atoms with E-state index in [-0.39, 0.29) is 25.4 Å². The Kier molecular flexibility index (Phi) is 4.35. The molecule has 3 rings (SSSR count). The molecular formula is C14H15ClFN5O. The number of rotatable bonds is 4. The summed E-state index contributed by atoms with van der Waals surface area (Å²) in [4.78, 5) is 15.9. The molecule has 2 aromatic rings. The fraction of sp³-hybridized carbons (Fsp3) is 0.357. The largest absolute Gasteiger partial charge is 0.351 e. The van der Waals surface area contributed by atoms with Gasteiger partial charge < -0.3 is 10.6 Å². The van der Waals surface area contributed by atoms with Gasteiger partial charge in [-0.15, -0.1) is 0 Å². The van der Waals surface area contributed by atoms with E-state index >= 15 is 0 Å². The van der Waals surface area contributed by atoms with Gasteiger partial charge in [0.2, 0.25) is 5.91 Å². The molecule has 6 nitrogen and oxygen atoms in total. The minimum absolute atomic E-state index is 0.206. The molecule has 116 valence electrons. The Morgan fingerprint density at radius 1 is 1.55 bits per heavy atom. The lowest BCUT2D eigenvalue weighted by Gasteiger charge is -2.13. The van der Waals surface area contributed by atoms with Crippen LogP contribution >= 0.6 is 11.6 Å². The summed E-state index contributed by atoms with van der Waals surface area (Å²) in [5.41, 5.74) is 1.59. The second-order valence-corrected chi connectivity index (χ2v) is 5.56. The van der Waals surface area contributed by atoms with E-state index in [2.05, 4.69) is 20.7 Å². The number of alkyl halides is 1. The highest BCUT2D eigenvalue weighted by Crippen LogP contribution is 2.19. The molecule has 22 heavy (non-hydrogen) atoms. The molecule has 1 amide bonds. The first-order chi connectivity index (χ1) is 10.6. The molecule has 2 atom stereocenters. The Balaban J connectivity index is 1.72. The van der Waals surface area contributed by atoms with Crippen LogP contribution in [0.4, 0.5) is 4.39 Å². The van der Waals surface area contributed by atoms with Crippen LogP contribution in [0.1, 0.15) is 12.0 Å². The van der Waals surface area contributed by atoms with Crippen molar-refractivity contribution < 1.29 is 9.18 Å². The maximum absolute atomic E-state index is 13.1. The first-order valence-electron chi connectivity index (χ1n) is 6.92. The van der Waals surface area contributed by atoms with Crippen molar-refractivity contribution in [1.82, 2.24) is 25.4 Å². The molecule has 1 aliphatic rings. The van der Waals surface area contributed by atoms with Crippen LogP contribution in [0, 0.1) is 0 Å². The van der Waals surface area contributed by atoms with E-state index in [1.165, 1.54) is 6.33 Å². The van der Waals surface area contributed by atoms with Gasteiger partial charge in [0, 0.05) is 24.5 Å². The maximum atomic E-state index is 13.1. The van der Waals surface area contributed by atoms with Crippen LogP contribution in [0.25, 0.3) is 5.69 Å². The SMILES string of the molecule is O=C(NCc1cc(Cl)ccc1-n1cncn1)[C@@H]1CC(F)CN1. The van der Waals surface area contributed by atoms with E-state index in [0.717, 1.165) is 11.3 Å². The van der Waals surface area contributed by atoms with Gasteiger partial charge in [-0.3, -0.25) is 4.79 Å². The van der Waals surface area contributed by atoms with Gasteiger partial charge in [0.1, 0.15) is 18.8 Å². The second-order valence-electron chi connectivity index (χ2n) is 5.12. The number of amides is 1. The molecule has 0 bridgehead atoms. The molecule has 1 saturated heterocycles. The van der Waals surface area contributed by atoms with E-state index in [0.29, 0.717) is 5.02 Å². The third kappa shape index (κ3) is 3.26. The molecule has 2 heterocycles. The van der Waals surface area contributed by atoms with E-state index < -0.39 is 12.2 Å². The monoisotopic (exact) mass is 323 g/mol. The van der Waals surface area contributed by atoms with Crippen LogP contribution in [-0.2, 0) is 11.3 Å². The fourth-order valence-electron chi connectivity index (χ4n) is 2.45. The zero-order valence-electron chi connectivity index (χ0n) is 11.7. The van der Waals surface area contributed by atoms with Gasteiger partial charge in [-0.05, 0) is 23.8 Å². The molecule has 1 aromatic heterocycles. The van der Waals surface area contributed by atoms with E-state index in [4.69, 9.17) is 11.6 Å². The number of benzene rings is 1. The van der Waals surface area contributed by atoms with Gasteiger partial charge in [-0.2, -0.15) is 5.10 Å². The van der Waals surface area contributed by atoms with E-state index in [1.807, 2.05) is 6.07 Å². The predicted octanol–water partition coefficient (Wildman–Crippen LogP) is 1.24. The minimum Gasteiger partial charge on any atom is -0.351 e. The normalized spacial score (nSPS) is 21.0. The van der Waals surface area contributed by atoms with E-state index in [1.54, 1.807) is 23.1 Å². The first kappa shape index (κ1) is 14.9. The number of carbonyl (C=O) groups excluding carboxylic acids is 1. The van der Waals surface area contributed by atoms with Gasteiger partial charge in [-0.25, -0.2) is 14.1 Å². The predicted molar refractivity (Wildman–Crippen MR) is 79.5 cm³/mol. The van der Waals surface area contributed by atoms with Crippen molar-refractivity contribution >= 4 is 17.5 Å². The van der Waals surface area contributed by atoms with Gasteiger partial charge in [-0.1, -0.05) is 11.6 Å². The van der Waals surface area contributed by atoms with Crippen LogP contribution < -0.4 is 10.6 Å². The smallest absolute Gasteiger partial charge is 0.237 e. The lowest BCUT2D eigenvalue weighted by Crippen LogP contribution is -2.40. The number of nitrogens with one attached hydrogen (secondary N) is 2. The standard InChI is InChI=1S/C14H15ClFN5O/c15-10-1-2-13(21-8-17-7-20-21)9(3-10)5-19-14(22)12-4-11(16)6-18-12/h1-3,7-8,11-12,18H,4-6H2,(H,19,22)/t11?,12-/m0/s1. The molecule has 0 saturated carbocycles. The quantitative estimate of drug-likeness (QED) is 0.888. The highest BCUT2D eigenvalue weighted by molar-refractivity contribution is 6.30. The summed E-state index contributed by atoms with van der Waals surface area (Å²) in [6, 6.07) is 4.84. The number of aromatic nitrogens is 3. The van der Waals surface area contributed by atoms with Crippen molar-refractivity contribution in [3.8, 4) is 5.69 Å². The van der Waals surface area contributed by atoms with Crippen molar-refractivity contribution in [1.29, 1.82) is 0 Å². The van der Waals surface area contributed by atoms with Crippen molar-refractivity contribution in [2.24, 2.45) is 0 Å². The summed E-state index contributed by atoms with van der Waals surface area (Å²) in [5.74, 6) is -0.218. The number of halogens is 2. The fourth-order valence-corrected chi connectivity index (χ4v) is 2.64. The van der Waals surface area contributed by atoms with E-state index in [9.17, 15) is 9.18 Å². The maximum Gasteiger partial charge on any atom is 0.237 e. The van der Waals surface area contributed by atoms with Gasteiger partial charge in [0.05, 0.1) is 11.7 Å². The Hall–Kier alpha value is -1.99. The summed E-state index contributed by atoms with van der Waals surface area (Å²) in [7, 11) is 0. The van der Waals surface area contributed by atoms with Crippen LogP contribution in [0.5, 0.6) is 0 Å². The molecule has 0 spiro atoms. The van der Waals surface area contributed by atoms with Crippen molar-refractivity contribution in [3.63, 3.8) is 0 Å². The van der Waals surface area contributed by atoms with Gasteiger partial charge >= 0.3 is 0 Å². The van der Waals surface area contributed by atoms with Crippen LogP contribution in [0.2, 0.25) is 5.02 Å². The molecule has 1 unspecified atom stereocenters. The van der Waals surface area contributed by atoms with Crippen molar-refractivity contribution in [3.05, 3.63) is 41.4 Å². The third-order valence-corrected chi connectivity index (χ3v) is 3.79. The first-order valence-corrected chi connectivity index (χ1v) is 7.30. The molecule has 1 fully saturated rings. The zero-order chi connectivity index (χ0) is 15.5. The molecule has 0 aliphatic carbocycles. The molecule has 8 heteroatoms. The molecule has 1 aliphatic heterocycles. The molecular weight excluding hydrogens is 309 g/mol. The topological polar surface area (TPSA) is 71.8 Å². The summed E-state index contributed by atoms with van der Waals surface area (Å²) in [5, 5.41) is 10.3. The second kappa shape index (κ2) is 6.41. The lowest BCUT2D eigenvalue weighted by atomic mass is 10.1. The average molecular weight is 324 g/mol. The summed E-state index contributed by atoms with van der Waals surface area (Å²) in [6.07, 6.45) is 2.24. The van der Waals surface area contributed by atoms with Crippen LogP contribution in [0.3, 0.4) is 0 Å². The third-order valence-electron chi connectivity index (χ3n) is 3.55. The van der Waals surface area contributed by atoms with Crippen molar-refractivity contribution in [2.45, 2.75) is 25.2 Å². The summed E-state index contributed by atoms with van der Waals surface area (Å²) >= 11 is 6.02. The Morgan fingerprint density at radius 2 is 2.41 bits per heavy atom. The lowest BCUT2D eigenvalue weighted by molar-refractivity contribution is -0.123. The summed E-state index contributed by atoms with van der Waals surface area (Å²) < 4.78 is 14.7. The highest BCUT2D eigenvalue weighted by Gasteiger charge is 2.29. The number of hydrogen-bond acceptors (Lipinski definition) is 4. The highest BCUT2D eigenvalue weighted by atomic mass is 35.5. The van der Waals surface area contributed by atoms with Gasteiger partial charge in [0.15, 0.2) is 0 Å². The van der Waals surface area contributed by atoms with Crippen LogP contribution in [0.15, 0.2) is 30.9 Å². The Morgan fingerprint density at radius 3 is 3.09 bits per heavy atom. The van der Waals surface area contributed by atoms with Gasteiger partial charge in [0.25, 0.3) is 0 Å². The Labute approximate surface area is 131 Å². The molecule has 0 radical (unpaired) electrons. The van der Waals surface area contributed by atoms with Crippen molar-refractivity contribution in [2.75, 3.05) is 6.54 Å². The molecule has 1 aromatic carbocycles. The number of carbonyl (C=O) groups is 1.